The fourth-order valence-corrected chi connectivity index (χ4v) is 0.493. The molecule has 0 aliphatic rings. The summed E-state index contributed by atoms with van der Waals surface area (Å²) >= 11 is 0. The Morgan fingerprint density at radius 2 is 1.44 bits per heavy atom. The summed E-state index contributed by atoms with van der Waals surface area (Å²) in [4.78, 5) is 0. The van der Waals surface area contributed by atoms with Crippen LogP contribution in [0, 0.1) is 0 Å². The average Bonchev–Trinajstić information content (AvgIpc) is 1.64. The van der Waals surface area contributed by atoms with Gasteiger partial charge in [0.2, 0.25) is 0 Å². The summed E-state index contributed by atoms with van der Waals surface area (Å²) in [5, 5.41) is 17.3. The summed E-state index contributed by atoms with van der Waals surface area (Å²) in [5.74, 6) is 0.176. The third kappa shape index (κ3) is 2.56. The molecule has 1 rings (SSSR count). The number of phenols is 2. The van der Waals surface area contributed by atoms with Gasteiger partial charge < -0.3 is 10.2 Å². The van der Waals surface area contributed by atoms with E-state index in [1.807, 2.05) is 0 Å². The van der Waals surface area contributed by atoms with Crippen molar-refractivity contribution in [2.75, 3.05) is 0 Å². The summed E-state index contributed by atoms with van der Waals surface area (Å²) in [7, 11) is 0. The molecule has 0 atom stereocenters. The second-order valence-corrected chi connectivity index (χ2v) is 1.52. The zero-order valence-electron chi connectivity index (χ0n) is 4.51. The van der Waals surface area contributed by atoms with E-state index in [1.165, 1.54) is 18.2 Å². The number of aromatic hydroxyl groups is 2. The molecule has 2 N–H and O–H groups in total. The largest absolute Gasteiger partial charge is 0.508 e. The number of hydrogen-bond acceptors (Lipinski definition) is 2. The zero-order chi connectivity index (χ0) is 5.98. The van der Waals surface area contributed by atoms with Gasteiger partial charge in [0.1, 0.15) is 11.5 Å². The molecule has 1 aromatic rings. The fraction of sp³-hybridized carbons (Fsp3) is 0. The Morgan fingerprint density at radius 3 is 1.67 bits per heavy atom. The van der Waals surface area contributed by atoms with Gasteiger partial charge in [0, 0.05) is 28.4 Å². The van der Waals surface area contributed by atoms with Crippen LogP contribution in [-0.4, -0.2) is 10.2 Å². The van der Waals surface area contributed by atoms with Crippen molar-refractivity contribution in [3.8, 4) is 11.5 Å². The second-order valence-electron chi connectivity index (χ2n) is 1.52. The van der Waals surface area contributed by atoms with Crippen molar-refractivity contribution in [1.29, 1.82) is 0 Å². The minimum atomic E-state index is 0. The van der Waals surface area contributed by atoms with Crippen LogP contribution in [0.2, 0.25) is 0 Å². The Kier molecular flexibility index (Phi) is 3.39. The van der Waals surface area contributed by atoms with Crippen molar-refractivity contribution < 1.29 is 32.6 Å². The Morgan fingerprint density at radius 1 is 1.00 bits per heavy atom. The molecule has 3 heteroatoms. The number of phenolic OH excluding ortho intramolecular Hbond substituents is 2. The first kappa shape index (κ1) is 8.56. The molecule has 0 unspecified atom stereocenters. The van der Waals surface area contributed by atoms with Gasteiger partial charge in [-0.05, 0) is 12.1 Å². The van der Waals surface area contributed by atoms with Gasteiger partial charge in [0.15, 0.2) is 0 Å². The van der Waals surface area contributed by atoms with Crippen molar-refractivity contribution in [2.24, 2.45) is 0 Å². The van der Waals surface area contributed by atoms with Gasteiger partial charge in [-0.1, -0.05) is 6.07 Å². The molecule has 0 spiro atoms. The summed E-state index contributed by atoms with van der Waals surface area (Å²) in [6.45, 7) is 0. The van der Waals surface area contributed by atoms with Crippen LogP contribution in [0.3, 0.4) is 0 Å². The molecular formula is C6H6AgO2. The summed E-state index contributed by atoms with van der Waals surface area (Å²) in [6.07, 6.45) is 0. The van der Waals surface area contributed by atoms with Crippen LogP contribution in [0.4, 0.5) is 0 Å². The van der Waals surface area contributed by atoms with Gasteiger partial charge in [-0.2, -0.15) is 0 Å². The molecule has 0 aliphatic carbocycles. The minimum Gasteiger partial charge on any atom is -0.508 e. The monoisotopic (exact) mass is 217 g/mol. The Hall–Kier alpha value is -0.440. The first-order chi connectivity index (χ1) is 3.79. The van der Waals surface area contributed by atoms with Crippen molar-refractivity contribution in [1.82, 2.24) is 0 Å². The van der Waals surface area contributed by atoms with Crippen LogP contribution < -0.4 is 0 Å². The van der Waals surface area contributed by atoms with E-state index in [0.29, 0.717) is 0 Å². The SMILES string of the molecule is Oc1cccc(O)c1.[Ag]. The van der Waals surface area contributed by atoms with Gasteiger partial charge in [-0.25, -0.2) is 0 Å². The van der Waals surface area contributed by atoms with Crippen molar-refractivity contribution in [3.05, 3.63) is 24.3 Å². The van der Waals surface area contributed by atoms with Gasteiger partial charge in [-0.15, -0.1) is 0 Å². The van der Waals surface area contributed by atoms with Crippen LogP contribution in [0.1, 0.15) is 0 Å². The van der Waals surface area contributed by atoms with Crippen LogP contribution in [0.25, 0.3) is 0 Å². The number of hydrogen-bond donors (Lipinski definition) is 2. The van der Waals surface area contributed by atoms with Crippen LogP contribution in [0.5, 0.6) is 11.5 Å². The molecule has 0 fully saturated rings. The van der Waals surface area contributed by atoms with Gasteiger partial charge >= 0.3 is 0 Å². The molecule has 0 amide bonds. The average molecular weight is 218 g/mol. The maximum absolute atomic E-state index is 8.65. The van der Waals surface area contributed by atoms with Crippen LogP contribution in [0.15, 0.2) is 24.3 Å². The molecule has 0 aromatic heterocycles. The summed E-state index contributed by atoms with van der Waals surface area (Å²) in [5.41, 5.74) is 0. The quantitative estimate of drug-likeness (QED) is 0.640. The Bertz CT molecular complexity index is 171. The topological polar surface area (TPSA) is 40.5 Å². The molecule has 0 aliphatic heterocycles. The predicted octanol–water partition coefficient (Wildman–Crippen LogP) is 1.10. The normalized spacial score (nSPS) is 8.00. The maximum atomic E-state index is 8.65. The molecule has 1 aromatic carbocycles. The van der Waals surface area contributed by atoms with E-state index in [2.05, 4.69) is 0 Å². The third-order valence-electron chi connectivity index (χ3n) is 0.830. The first-order valence-corrected chi connectivity index (χ1v) is 2.27. The Balaban J connectivity index is 0.000000640. The van der Waals surface area contributed by atoms with E-state index in [9.17, 15) is 0 Å². The van der Waals surface area contributed by atoms with Crippen molar-refractivity contribution in [3.63, 3.8) is 0 Å². The molecule has 0 saturated carbocycles. The smallest absolute Gasteiger partial charge is 0.119 e. The minimum absolute atomic E-state index is 0. The van der Waals surface area contributed by atoms with Gasteiger partial charge in [-0.3, -0.25) is 0 Å². The van der Waals surface area contributed by atoms with Gasteiger partial charge in [0.25, 0.3) is 0 Å². The molecule has 1 radical (unpaired) electrons. The van der Waals surface area contributed by atoms with E-state index >= 15 is 0 Å². The molecule has 2 nitrogen and oxygen atoms in total. The molecule has 0 saturated heterocycles. The fourth-order valence-electron chi connectivity index (χ4n) is 0.493. The van der Waals surface area contributed by atoms with Gasteiger partial charge in [0.05, 0.1) is 0 Å². The third-order valence-corrected chi connectivity index (χ3v) is 0.830. The zero-order valence-corrected chi connectivity index (χ0v) is 5.99. The molecule has 9 heavy (non-hydrogen) atoms. The maximum Gasteiger partial charge on any atom is 0.119 e. The second kappa shape index (κ2) is 3.56. The van der Waals surface area contributed by atoms with E-state index in [0.717, 1.165) is 0 Å². The molecule has 0 heterocycles. The predicted molar refractivity (Wildman–Crippen MR) is 29.8 cm³/mol. The van der Waals surface area contributed by atoms with Crippen LogP contribution in [-0.2, 0) is 22.4 Å². The molecule has 0 bridgehead atoms. The van der Waals surface area contributed by atoms with E-state index in [4.69, 9.17) is 10.2 Å². The Labute approximate surface area is 68.7 Å². The van der Waals surface area contributed by atoms with E-state index < -0.39 is 0 Å². The molecular weight excluding hydrogens is 212 g/mol. The molecule has 53 valence electrons. The van der Waals surface area contributed by atoms with E-state index in [-0.39, 0.29) is 33.9 Å². The first-order valence-electron chi connectivity index (χ1n) is 2.27. The summed E-state index contributed by atoms with van der Waals surface area (Å²) < 4.78 is 0. The number of benzene rings is 1. The number of rotatable bonds is 0. The van der Waals surface area contributed by atoms with Crippen molar-refractivity contribution in [2.45, 2.75) is 0 Å². The van der Waals surface area contributed by atoms with E-state index in [1.54, 1.807) is 6.07 Å². The van der Waals surface area contributed by atoms with Crippen LogP contribution >= 0.6 is 0 Å². The summed E-state index contributed by atoms with van der Waals surface area (Å²) in [6, 6.07) is 5.85. The standard InChI is InChI=1S/C6H6O2.Ag/c7-5-2-1-3-6(8)4-5;/h1-4,7-8H;. The van der Waals surface area contributed by atoms with Crippen molar-refractivity contribution >= 4 is 0 Å².